The van der Waals surface area contributed by atoms with E-state index in [1.54, 1.807) is 12.1 Å². The lowest BCUT2D eigenvalue weighted by Crippen LogP contribution is -2.36. The summed E-state index contributed by atoms with van der Waals surface area (Å²) >= 11 is 0. The molecule has 2 amide bonds. The van der Waals surface area contributed by atoms with Crippen molar-refractivity contribution < 1.29 is 14.4 Å². The van der Waals surface area contributed by atoms with Crippen LogP contribution >= 0.6 is 0 Å². The van der Waals surface area contributed by atoms with E-state index in [0.717, 1.165) is 17.1 Å². The molecule has 192 valence electrons. The minimum Gasteiger partial charge on any atom is -0.353 e. The highest BCUT2D eigenvalue weighted by atomic mass is 16.3. The molecule has 0 saturated carbocycles. The van der Waals surface area contributed by atoms with Gasteiger partial charge in [-0.3, -0.25) is 19.1 Å². The van der Waals surface area contributed by atoms with Crippen molar-refractivity contribution in [3.63, 3.8) is 0 Å². The van der Waals surface area contributed by atoms with Crippen molar-refractivity contribution in [1.29, 1.82) is 0 Å². The number of para-hydroxylation sites is 1. The number of nitrogens with one attached hydrogen (secondary N) is 1. The number of nitrogens with two attached hydrogens (primary N) is 2. The van der Waals surface area contributed by atoms with Crippen molar-refractivity contribution in [3.8, 4) is 11.3 Å². The van der Waals surface area contributed by atoms with E-state index in [-0.39, 0.29) is 29.8 Å². The normalized spacial score (nSPS) is 14.6. The van der Waals surface area contributed by atoms with Gasteiger partial charge in [-0.2, -0.15) is 0 Å². The number of aromatic nitrogens is 2. The van der Waals surface area contributed by atoms with E-state index in [0.29, 0.717) is 53.9 Å². The number of benzene rings is 1. The third-order valence-electron chi connectivity index (χ3n) is 6.54. The van der Waals surface area contributed by atoms with Gasteiger partial charge in [0.25, 0.3) is 5.91 Å². The van der Waals surface area contributed by atoms with E-state index >= 15 is 0 Å². The maximum atomic E-state index is 13.5. The minimum absolute atomic E-state index is 0.0285. The fourth-order valence-electron chi connectivity index (χ4n) is 4.74. The van der Waals surface area contributed by atoms with Gasteiger partial charge in [0.15, 0.2) is 5.78 Å². The van der Waals surface area contributed by atoms with Crippen molar-refractivity contribution in [1.82, 2.24) is 9.66 Å². The number of ketones is 1. The molecule has 1 aliphatic carbocycles. The average molecular weight is 504 g/mol. The van der Waals surface area contributed by atoms with Crippen molar-refractivity contribution in [3.05, 3.63) is 64.8 Å². The van der Waals surface area contributed by atoms with E-state index in [2.05, 4.69) is 15.5 Å². The number of fused-ring (bicyclic) bond motifs is 1. The minimum atomic E-state index is -0.656. The van der Waals surface area contributed by atoms with Crippen LogP contribution < -0.4 is 22.0 Å². The van der Waals surface area contributed by atoms with Crippen LogP contribution in [0.15, 0.2) is 53.8 Å². The predicted molar refractivity (Wildman–Crippen MR) is 140 cm³/mol. The molecule has 2 aromatic heterocycles. The van der Waals surface area contributed by atoms with Gasteiger partial charge in [0.1, 0.15) is 5.82 Å². The van der Waals surface area contributed by atoms with Gasteiger partial charge in [0.2, 0.25) is 5.91 Å². The van der Waals surface area contributed by atoms with Gasteiger partial charge in [0, 0.05) is 42.4 Å². The van der Waals surface area contributed by atoms with Crippen molar-refractivity contribution in [2.45, 2.75) is 45.4 Å². The van der Waals surface area contributed by atoms with Gasteiger partial charge < -0.3 is 11.2 Å². The first-order chi connectivity index (χ1) is 17.8. The lowest BCUT2D eigenvalue weighted by Gasteiger charge is -2.22. The molecule has 0 fully saturated rings. The molecule has 2 heterocycles. The number of amides is 2. The first-order valence-corrected chi connectivity index (χ1v) is 12.1. The molecule has 0 spiro atoms. The number of hydrogen-bond acceptors (Lipinski definition) is 8. The highest BCUT2D eigenvalue weighted by Crippen LogP contribution is 2.42. The molecule has 1 atom stereocenters. The summed E-state index contributed by atoms with van der Waals surface area (Å²) in [5.74, 6) is 11.8. The zero-order valence-electron chi connectivity index (χ0n) is 20.5. The number of nitrogen functional groups attached to an aromatic ring is 1. The van der Waals surface area contributed by atoms with Crippen LogP contribution in [0.2, 0.25) is 0 Å². The zero-order chi connectivity index (χ0) is 26.5. The molecule has 1 aliphatic rings. The zero-order valence-corrected chi connectivity index (χ0v) is 20.5. The second kappa shape index (κ2) is 11.1. The number of nitrogens with zero attached hydrogens (tertiary/aromatic N) is 4. The van der Waals surface area contributed by atoms with Crippen molar-refractivity contribution >= 4 is 34.8 Å². The Balaban J connectivity index is 1.72. The Morgan fingerprint density at radius 2 is 1.95 bits per heavy atom. The Labute approximate surface area is 213 Å². The maximum Gasteiger partial charge on any atom is 0.286 e. The first kappa shape index (κ1) is 25.7. The second-order valence-corrected chi connectivity index (χ2v) is 9.13. The van der Waals surface area contributed by atoms with Gasteiger partial charge in [-0.1, -0.05) is 24.6 Å². The molecular formula is C26H29N7O4. The third kappa shape index (κ3) is 5.56. The third-order valence-corrected chi connectivity index (χ3v) is 6.54. The Morgan fingerprint density at radius 1 is 1.19 bits per heavy atom. The summed E-state index contributed by atoms with van der Waals surface area (Å²) in [4.78, 5) is 50.9. The molecule has 1 unspecified atom stereocenters. The van der Waals surface area contributed by atoms with Crippen LogP contribution in [0, 0.1) is 10.8 Å². The van der Waals surface area contributed by atoms with Crippen molar-refractivity contribution in [2.75, 3.05) is 16.2 Å². The number of unbranched alkanes of at least 4 members (excludes halogenated alkanes) is 1. The summed E-state index contributed by atoms with van der Waals surface area (Å²) in [6.07, 6.45) is 4.54. The van der Waals surface area contributed by atoms with Crippen LogP contribution in [0.3, 0.4) is 0 Å². The fraction of sp³-hybridized carbons (Fsp3) is 0.308. The molecule has 1 aromatic carbocycles. The standard InChI is InChI=1S/C26H29N7O4/c1-16(34)32(27)22-15-18(11-12-29-22)26-25(30-19-8-3-2-4-9-19)24-20(33(26)28)13-17(14-21(24)35)7-5-6-10-23(36)31-37/h2-4,8-9,11-12,15,17,30H,5-7,10,13-14,27-28H2,1H3. The summed E-state index contributed by atoms with van der Waals surface area (Å²) in [5, 5.41) is 6.75. The van der Waals surface area contributed by atoms with E-state index in [9.17, 15) is 19.3 Å². The number of nitroso groups, excluding NO2 is 1. The summed E-state index contributed by atoms with van der Waals surface area (Å²) in [7, 11) is 0. The fourth-order valence-corrected chi connectivity index (χ4v) is 4.74. The van der Waals surface area contributed by atoms with Crippen LogP contribution in [-0.4, -0.2) is 27.3 Å². The molecule has 0 radical (unpaired) electrons. The van der Waals surface area contributed by atoms with Crippen LogP contribution in [0.25, 0.3) is 11.3 Å². The molecule has 11 nitrogen and oxygen atoms in total. The number of anilines is 3. The first-order valence-electron chi connectivity index (χ1n) is 12.1. The quantitative estimate of drug-likeness (QED) is 0.130. The van der Waals surface area contributed by atoms with Gasteiger partial charge in [0.05, 0.1) is 22.6 Å². The number of hydrazine groups is 1. The van der Waals surface area contributed by atoms with Gasteiger partial charge in [-0.25, -0.2) is 15.8 Å². The number of carbonyl (C=O) groups is 3. The van der Waals surface area contributed by atoms with Gasteiger partial charge in [-0.05, 0) is 49.4 Å². The summed E-state index contributed by atoms with van der Waals surface area (Å²) < 4.78 is 1.53. The number of hydrogen-bond donors (Lipinski definition) is 3. The largest absolute Gasteiger partial charge is 0.353 e. The monoisotopic (exact) mass is 503 g/mol. The Bertz CT molecular complexity index is 1340. The SMILES string of the molecule is CC(=O)N(N)c1cc(-c2c(Nc3ccccc3)c3c(n2N)CC(CCCCC(=O)N=O)CC3=O)ccn1. The summed E-state index contributed by atoms with van der Waals surface area (Å²) in [5.41, 5.74) is 3.83. The number of rotatable bonds is 9. The van der Waals surface area contributed by atoms with E-state index in [1.807, 2.05) is 30.3 Å². The molecule has 0 bridgehead atoms. The Kier molecular flexibility index (Phi) is 7.73. The van der Waals surface area contributed by atoms with Crippen LogP contribution in [0.5, 0.6) is 0 Å². The van der Waals surface area contributed by atoms with Gasteiger partial charge >= 0.3 is 0 Å². The van der Waals surface area contributed by atoms with Crippen LogP contribution in [0.1, 0.15) is 55.1 Å². The molecule has 0 saturated heterocycles. The second-order valence-electron chi connectivity index (χ2n) is 9.13. The number of Topliss-reactive ketones (excluding diaryl/α,β-unsaturated/α-hetero) is 1. The van der Waals surface area contributed by atoms with Gasteiger partial charge in [-0.15, -0.1) is 4.91 Å². The smallest absolute Gasteiger partial charge is 0.286 e. The molecule has 5 N–H and O–H groups in total. The number of carbonyl (C=O) groups excluding carboxylic acids is 3. The molecule has 3 aromatic rings. The average Bonchev–Trinajstić information content (AvgIpc) is 3.17. The van der Waals surface area contributed by atoms with Crippen molar-refractivity contribution in [2.24, 2.45) is 16.9 Å². The summed E-state index contributed by atoms with van der Waals surface area (Å²) in [6.45, 7) is 1.34. The van der Waals surface area contributed by atoms with E-state index in [1.165, 1.54) is 17.8 Å². The lowest BCUT2D eigenvalue weighted by atomic mass is 9.83. The summed E-state index contributed by atoms with van der Waals surface area (Å²) in [6, 6.07) is 12.9. The molecule has 37 heavy (non-hydrogen) atoms. The lowest BCUT2D eigenvalue weighted by molar-refractivity contribution is -0.118. The molecule has 11 heteroatoms. The Hall–Kier alpha value is -4.38. The predicted octanol–water partition coefficient (Wildman–Crippen LogP) is 3.83. The van der Waals surface area contributed by atoms with Crippen LogP contribution in [-0.2, 0) is 16.0 Å². The number of pyridine rings is 1. The molecule has 0 aliphatic heterocycles. The van der Waals surface area contributed by atoms with E-state index in [4.69, 9.17) is 11.7 Å². The highest BCUT2D eigenvalue weighted by Gasteiger charge is 2.34. The van der Waals surface area contributed by atoms with E-state index < -0.39 is 5.91 Å². The maximum absolute atomic E-state index is 13.5. The highest BCUT2D eigenvalue weighted by molar-refractivity contribution is 6.08. The Morgan fingerprint density at radius 3 is 2.65 bits per heavy atom. The molecular weight excluding hydrogens is 474 g/mol. The topological polar surface area (TPSA) is 166 Å². The molecule has 4 rings (SSSR count). The van der Waals surface area contributed by atoms with Crippen LogP contribution in [0.4, 0.5) is 17.2 Å².